The summed E-state index contributed by atoms with van der Waals surface area (Å²) < 4.78 is 7.66. The minimum absolute atomic E-state index is 0.555. The lowest BCUT2D eigenvalue weighted by Gasteiger charge is -2.04. The van der Waals surface area contributed by atoms with Crippen molar-refractivity contribution in [2.45, 2.75) is 38.6 Å². The number of imidazole rings is 1. The number of rotatable bonds is 3. The first-order valence-electron chi connectivity index (χ1n) is 7.66. The van der Waals surface area contributed by atoms with Crippen LogP contribution in [0.1, 0.15) is 36.5 Å². The summed E-state index contributed by atoms with van der Waals surface area (Å²) in [6.45, 7) is 0.977. The van der Waals surface area contributed by atoms with Gasteiger partial charge in [-0.05, 0) is 24.5 Å². The molecule has 0 spiro atoms. The van der Waals surface area contributed by atoms with Crippen molar-refractivity contribution in [3.8, 4) is 11.6 Å². The van der Waals surface area contributed by atoms with Gasteiger partial charge >= 0.3 is 0 Å². The van der Waals surface area contributed by atoms with E-state index in [0.29, 0.717) is 18.1 Å². The van der Waals surface area contributed by atoms with Gasteiger partial charge in [0.25, 0.3) is 5.89 Å². The van der Waals surface area contributed by atoms with E-state index in [2.05, 4.69) is 24.7 Å². The van der Waals surface area contributed by atoms with Crippen molar-refractivity contribution in [3.05, 3.63) is 47.9 Å². The first kappa shape index (κ1) is 13.2. The fraction of sp³-hybridized carbons (Fsp3) is 0.375. The second-order valence-electron chi connectivity index (χ2n) is 5.58. The topological polar surface area (TPSA) is 69.6 Å². The van der Waals surface area contributed by atoms with Crippen LogP contribution in [-0.2, 0) is 19.4 Å². The molecule has 0 saturated carbocycles. The third kappa shape index (κ3) is 2.52. The van der Waals surface area contributed by atoms with Gasteiger partial charge in [-0.2, -0.15) is 4.98 Å². The van der Waals surface area contributed by atoms with Crippen molar-refractivity contribution in [1.29, 1.82) is 0 Å². The first-order chi connectivity index (χ1) is 10.9. The number of aromatic nitrogens is 5. The van der Waals surface area contributed by atoms with E-state index < -0.39 is 0 Å². The largest absolute Gasteiger partial charge is 0.332 e. The van der Waals surface area contributed by atoms with E-state index >= 15 is 0 Å². The molecule has 0 aromatic carbocycles. The Kier molecular flexibility index (Phi) is 3.42. The minimum Gasteiger partial charge on any atom is -0.332 e. The van der Waals surface area contributed by atoms with Crippen LogP contribution in [0, 0.1) is 0 Å². The maximum atomic E-state index is 5.45. The number of hydrogen-bond acceptors (Lipinski definition) is 5. The van der Waals surface area contributed by atoms with Crippen molar-refractivity contribution in [2.24, 2.45) is 0 Å². The van der Waals surface area contributed by atoms with Crippen molar-refractivity contribution >= 4 is 0 Å². The molecule has 1 aliphatic heterocycles. The Morgan fingerprint density at radius 2 is 2.18 bits per heavy atom. The Labute approximate surface area is 128 Å². The van der Waals surface area contributed by atoms with Gasteiger partial charge in [-0.3, -0.25) is 4.98 Å². The summed E-state index contributed by atoms with van der Waals surface area (Å²) in [5.74, 6) is 2.35. The van der Waals surface area contributed by atoms with Gasteiger partial charge in [-0.1, -0.05) is 17.6 Å². The van der Waals surface area contributed by atoms with Gasteiger partial charge in [0, 0.05) is 31.8 Å². The Balaban J connectivity index is 1.61. The maximum Gasteiger partial charge on any atom is 0.276 e. The smallest absolute Gasteiger partial charge is 0.276 e. The number of pyridine rings is 1. The summed E-state index contributed by atoms with van der Waals surface area (Å²) in [6, 6.07) is 3.92. The Hall–Kier alpha value is -2.50. The third-order valence-electron chi connectivity index (χ3n) is 3.99. The zero-order valence-corrected chi connectivity index (χ0v) is 12.3. The van der Waals surface area contributed by atoms with Crippen molar-refractivity contribution < 1.29 is 4.52 Å². The minimum atomic E-state index is 0.555. The zero-order chi connectivity index (χ0) is 14.8. The van der Waals surface area contributed by atoms with Gasteiger partial charge in [-0.25, -0.2) is 4.98 Å². The summed E-state index contributed by atoms with van der Waals surface area (Å²) in [4.78, 5) is 13.1. The SMILES string of the molecule is c1cncc(Cc2noc(-c3cnc4n3CCCCC4)n2)c1. The number of hydrogen-bond donors (Lipinski definition) is 0. The van der Waals surface area contributed by atoms with Crippen LogP contribution < -0.4 is 0 Å². The molecule has 3 aromatic rings. The molecule has 6 nitrogen and oxygen atoms in total. The molecule has 0 atom stereocenters. The lowest BCUT2D eigenvalue weighted by molar-refractivity contribution is 0.420. The third-order valence-corrected chi connectivity index (χ3v) is 3.99. The molecule has 6 heteroatoms. The molecule has 0 aliphatic carbocycles. The number of fused-ring (bicyclic) bond motifs is 1. The van der Waals surface area contributed by atoms with E-state index in [1.54, 1.807) is 6.20 Å². The molecule has 0 fully saturated rings. The fourth-order valence-corrected chi connectivity index (χ4v) is 2.88. The summed E-state index contributed by atoms with van der Waals surface area (Å²) in [5, 5.41) is 4.08. The van der Waals surface area contributed by atoms with E-state index in [9.17, 15) is 0 Å². The molecule has 0 radical (unpaired) electrons. The van der Waals surface area contributed by atoms with Crippen molar-refractivity contribution in [2.75, 3.05) is 0 Å². The molecular weight excluding hydrogens is 278 g/mol. The van der Waals surface area contributed by atoms with Gasteiger partial charge < -0.3 is 9.09 Å². The number of nitrogens with zero attached hydrogens (tertiary/aromatic N) is 5. The summed E-state index contributed by atoms with van der Waals surface area (Å²) >= 11 is 0. The van der Waals surface area contributed by atoms with Crippen LogP contribution >= 0.6 is 0 Å². The second-order valence-corrected chi connectivity index (χ2v) is 5.58. The standard InChI is InChI=1S/C16H17N5O/c1-2-6-15-18-11-13(21(15)8-3-1)16-19-14(20-22-16)9-12-5-4-7-17-10-12/h4-5,7,10-11H,1-3,6,8-9H2. The van der Waals surface area contributed by atoms with Crippen LogP contribution in [0.15, 0.2) is 35.2 Å². The van der Waals surface area contributed by atoms with E-state index in [-0.39, 0.29) is 0 Å². The highest BCUT2D eigenvalue weighted by atomic mass is 16.5. The molecule has 1 aliphatic rings. The van der Waals surface area contributed by atoms with E-state index in [0.717, 1.165) is 30.0 Å². The van der Waals surface area contributed by atoms with Crippen LogP contribution in [0.2, 0.25) is 0 Å². The predicted molar refractivity (Wildman–Crippen MR) is 80.1 cm³/mol. The lowest BCUT2D eigenvalue weighted by atomic mass is 10.2. The van der Waals surface area contributed by atoms with Crippen molar-refractivity contribution in [3.63, 3.8) is 0 Å². The Bertz CT molecular complexity index is 762. The average Bonchev–Trinajstić information content (AvgIpc) is 3.09. The average molecular weight is 295 g/mol. The van der Waals surface area contributed by atoms with E-state index in [1.165, 1.54) is 19.3 Å². The Morgan fingerprint density at radius 1 is 1.18 bits per heavy atom. The lowest BCUT2D eigenvalue weighted by Crippen LogP contribution is -2.02. The van der Waals surface area contributed by atoms with E-state index in [1.807, 2.05) is 24.5 Å². The first-order valence-corrected chi connectivity index (χ1v) is 7.66. The Morgan fingerprint density at radius 3 is 3.09 bits per heavy atom. The molecule has 0 saturated heterocycles. The summed E-state index contributed by atoms with van der Waals surface area (Å²) in [7, 11) is 0. The normalized spacial score (nSPS) is 14.5. The quantitative estimate of drug-likeness (QED) is 0.743. The molecule has 22 heavy (non-hydrogen) atoms. The number of aryl methyl sites for hydroxylation is 1. The monoisotopic (exact) mass is 295 g/mol. The van der Waals surface area contributed by atoms with Gasteiger partial charge in [0.15, 0.2) is 5.82 Å². The van der Waals surface area contributed by atoms with Gasteiger partial charge in [0.05, 0.1) is 6.20 Å². The van der Waals surface area contributed by atoms with Gasteiger partial charge in [0.1, 0.15) is 11.5 Å². The fourth-order valence-electron chi connectivity index (χ4n) is 2.88. The van der Waals surface area contributed by atoms with Crippen LogP contribution in [0.25, 0.3) is 11.6 Å². The van der Waals surface area contributed by atoms with Gasteiger partial charge in [-0.15, -0.1) is 0 Å². The molecule has 112 valence electrons. The second kappa shape index (κ2) is 5.71. The van der Waals surface area contributed by atoms with Gasteiger partial charge in [0.2, 0.25) is 0 Å². The highest BCUT2D eigenvalue weighted by molar-refractivity contribution is 5.47. The van der Waals surface area contributed by atoms with E-state index in [4.69, 9.17) is 4.52 Å². The highest BCUT2D eigenvalue weighted by Crippen LogP contribution is 2.23. The molecule has 0 unspecified atom stereocenters. The molecule has 0 amide bonds. The van der Waals surface area contributed by atoms with Crippen LogP contribution in [0.4, 0.5) is 0 Å². The summed E-state index contributed by atoms with van der Waals surface area (Å²) in [5.41, 5.74) is 2.00. The molecule has 0 bridgehead atoms. The molecular formula is C16H17N5O. The molecule has 4 heterocycles. The molecule has 0 N–H and O–H groups in total. The zero-order valence-electron chi connectivity index (χ0n) is 12.3. The molecule has 4 rings (SSSR count). The maximum absolute atomic E-state index is 5.45. The van der Waals surface area contributed by atoms with Crippen LogP contribution in [0.5, 0.6) is 0 Å². The molecule has 3 aromatic heterocycles. The van der Waals surface area contributed by atoms with Crippen LogP contribution in [0.3, 0.4) is 0 Å². The van der Waals surface area contributed by atoms with Crippen molar-refractivity contribution in [1.82, 2.24) is 24.7 Å². The van der Waals surface area contributed by atoms with Crippen LogP contribution in [-0.4, -0.2) is 24.7 Å². The highest BCUT2D eigenvalue weighted by Gasteiger charge is 2.18. The predicted octanol–water partition coefficient (Wildman–Crippen LogP) is 2.65. The summed E-state index contributed by atoms with van der Waals surface area (Å²) in [6.07, 6.45) is 10.7.